The van der Waals surface area contributed by atoms with Gasteiger partial charge in [0.15, 0.2) is 0 Å². The zero-order chi connectivity index (χ0) is 21.7. The van der Waals surface area contributed by atoms with Gasteiger partial charge in [0.2, 0.25) is 5.91 Å². The average Bonchev–Trinajstić information content (AvgIpc) is 2.73. The summed E-state index contributed by atoms with van der Waals surface area (Å²) in [6.45, 7) is 2.23. The smallest absolute Gasteiger partial charge is 0.316 e. The number of rotatable bonds is 6. The summed E-state index contributed by atoms with van der Waals surface area (Å²) in [5.74, 6) is -0.265. The van der Waals surface area contributed by atoms with Crippen LogP contribution in [-0.4, -0.2) is 12.5 Å². The van der Waals surface area contributed by atoms with Gasteiger partial charge in [-0.15, -0.1) is 0 Å². The molecule has 0 aliphatic rings. The largest absolute Gasteiger partial charge is 0.416 e. The average molecular weight is 412 g/mol. The molecule has 0 heterocycles. The second kappa shape index (κ2) is 9.13. The van der Waals surface area contributed by atoms with Crippen molar-refractivity contribution in [3.63, 3.8) is 0 Å². The van der Waals surface area contributed by atoms with Crippen LogP contribution < -0.4 is 10.6 Å². The van der Waals surface area contributed by atoms with Gasteiger partial charge < -0.3 is 10.6 Å². The van der Waals surface area contributed by atoms with Crippen LogP contribution in [0.1, 0.15) is 28.3 Å². The predicted octanol–water partition coefficient (Wildman–Crippen LogP) is 5.29. The molecule has 0 aliphatic carbocycles. The molecule has 1 atom stereocenters. The fourth-order valence-corrected chi connectivity index (χ4v) is 3.23. The van der Waals surface area contributed by atoms with Crippen LogP contribution in [0.4, 0.5) is 18.9 Å². The highest BCUT2D eigenvalue weighted by Crippen LogP contribution is 2.29. The van der Waals surface area contributed by atoms with E-state index in [1.165, 1.54) is 12.1 Å². The number of carbonyl (C=O) groups excluding carboxylic acids is 1. The highest BCUT2D eigenvalue weighted by molar-refractivity contribution is 5.97. The molecule has 6 heteroatoms. The molecule has 0 fully saturated rings. The van der Waals surface area contributed by atoms with Gasteiger partial charge in [0, 0.05) is 12.2 Å². The molecule has 0 saturated carbocycles. The number of alkyl halides is 3. The minimum atomic E-state index is -4.37. The van der Waals surface area contributed by atoms with Crippen molar-refractivity contribution < 1.29 is 18.0 Å². The van der Waals surface area contributed by atoms with Crippen molar-refractivity contribution in [2.45, 2.75) is 25.6 Å². The fourth-order valence-electron chi connectivity index (χ4n) is 3.23. The van der Waals surface area contributed by atoms with Gasteiger partial charge in [-0.3, -0.25) is 4.79 Å². The first kappa shape index (κ1) is 21.6. The first-order valence-electron chi connectivity index (χ1n) is 9.60. The molecule has 30 heavy (non-hydrogen) atoms. The molecule has 0 bridgehead atoms. The third-order valence-electron chi connectivity index (χ3n) is 4.91. The Labute approximate surface area is 173 Å². The van der Waals surface area contributed by atoms with Gasteiger partial charge >= 0.3 is 6.18 Å². The first-order chi connectivity index (χ1) is 14.3. The maximum Gasteiger partial charge on any atom is 0.416 e. The van der Waals surface area contributed by atoms with Crippen LogP contribution in [0.5, 0.6) is 0 Å². The molecule has 1 unspecified atom stereocenters. The van der Waals surface area contributed by atoms with Crippen LogP contribution in [0.15, 0.2) is 78.9 Å². The van der Waals surface area contributed by atoms with E-state index in [9.17, 15) is 18.0 Å². The van der Waals surface area contributed by atoms with Crippen LogP contribution in [0.2, 0.25) is 0 Å². The van der Waals surface area contributed by atoms with Crippen LogP contribution >= 0.6 is 0 Å². The van der Waals surface area contributed by atoms with Gasteiger partial charge in [0.1, 0.15) is 6.04 Å². The van der Waals surface area contributed by atoms with Gasteiger partial charge in [-0.1, -0.05) is 54.6 Å². The molecule has 0 saturated heterocycles. The summed E-state index contributed by atoms with van der Waals surface area (Å²) >= 11 is 0. The number of carbonyl (C=O) groups is 1. The van der Waals surface area contributed by atoms with Crippen LogP contribution in [0.25, 0.3) is 0 Å². The Morgan fingerprint density at radius 2 is 1.63 bits per heavy atom. The first-order valence-corrected chi connectivity index (χ1v) is 9.60. The van der Waals surface area contributed by atoms with E-state index in [1.54, 1.807) is 17.0 Å². The summed E-state index contributed by atoms with van der Waals surface area (Å²) in [6.07, 6.45) is -3.97. The zero-order valence-corrected chi connectivity index (χ0v) is 16.6. The number of anilines is 1. The van der Waals surface area contributed by atoms with Crippen molar-refractivity contribution in [3.05, 3.63) is 101 Å². The van der Waals surface area contributed by atoms with Gasteiger partial charge in [0.05, 0.1) is 5.56 Å². The van der Waals surface area contributed by atoms with Crippen molar-refractivity contribution in [3.8, 4) is 0 Å². The number of aryl methyl sites for hydroxylation is 1. The van der Waals surface area contributed by atoms with Crippen LogP contribution in [-0.2, 0) is 17.4 Å². The highest BCUT2D eigenvalue weighted by Gasteiger charge is 2.30. The third-order valence-corrected chi connectivity index (χ3v) is 4.91. The van der Waals surface area contributed by atoms with Gasteiger partial charge in [-0.25, -0.2) is 0 Å². The molecule has 1 amide bonds. The molecule has 3 aromatic rings. The summed E-state index contributed by atoms with van der Waals surface area (Å²) in [7, 11) is 0. The molecule has 0 spiro atoms. The SMILES string of the molecule is Cc1cccc(N(CCc2ccc(C(F)(F)F)cc2)C(=O)C(N)c2ccccc2)c1. The molecular formula is C24H23F3N2O. The lowest BCUT2D eigenvalue weighted by Crippen LogP contribution is -2.40. The van der Waals surface area contributed by atoms with E-state index in [2.05, 4.69) is 0 Å². The van der Waals surface area contributed by atoms with Crippen LogP contribution in [0.3, 0.4) is 0 Å². The molecular weight excluding hydrogens is 389 g/mol. The number of nitrogens with zero attached hydrogens (tertiary/aromatic N) is 1. The van der Waals surface area contributed by atoms with E-state index in [0.717, 1.165) is 17.7 Å². The van der Waals surface area contributed by atoms with E-state index >= 15 is 0 Å². The minimum absolute atomic E-state index is 0.265. The number of benzene rings is 3. The molecule has 0 radical (unpaired) electrons. The lowest BCUT2D eigenvalue weighted by Gasteiger charge is -2.26. The Morgan fingerprint density at radius 3 is 2.23 bits per heavy atom. The lowest BCUT2D eigenvalue weighted by atomic mass is 10.0. The summed E-state index contributed by atoms with van der Waals surface area (Å²) in [4.78, 5) is 14.8. The summed E-state index contributed by atoms with van der Waals surface area (Å²) in [6, 6.07) is 20.8. The number of halogens is 3. The molecule has 3 rings (SSSR count). The Balaban J connectivity index is 1.82. The quantitative estimate of drug-likeness (QED) is 0.598. The van der Waals surface area contributed by atoms with Crippen molar-refractivity contribution in [1.29, 1.82) is 0 Å². The number of amides is 1. The molecule has 3 nitrogen and oxygen atoms in total. The summed E-state index contributed by atoms with van der Waals surface area (Å²) in [5.41, 5.74) is 8.66. The molecule has 0 aliphatic heterocycles. The summed E-state index contributed by atoms with van der Waals surface area (Å²) in [5, 5.41) is 0. The number of nitrogens with two attached hydrogens (primary N) is 1. The fraction of sp³-hybridized carbons (Fsp3) is 0.208. The standard InChI is InChI=1S/C24H23F3N2O/c1-17-6-5-9-21(16-17)29(23(30)22(28)19-7-3-2-4-8-19)15-14-18-10-12-20(13-11-18)24(25,26)27/h2-13,16,22H,14-15,28H2,1H3. The van der Waals surface area contributed by atoms with Gasteiger partial charge in [0.25, 0.3) is 0 Å². The normalized spacial score (nSPS) is 12.4. The maximum absolute atomic E-state index is 13.2. The van der Waals surface area contributed by atoms with E-state index in [4.69, 9.17) is 5.73 Å². The Morgan fingerprint density at radius 1 is 0.967 bits per heavy atom. The van der Waals surface area contributed by atoms with E-state index < -0.39 is 17.8 Å². The highest BCUT2D eigenvalue weighted by atomic mass is 19.4. The van der Waals surface area contributed by atoms with Crippen molar-refractivity contribution in [2.75, 3.05) is 11.4 Å². The lowest BCUT2D eigenvalue weighted by molar-refractivity contribution is -0.137. The van der Waals surface area contributed by atoms with Crippen molar-refractivity contribution in [1.82, 2.24) is 0 Å². The Kier molecular flexibility index (Phi) is 6.57. The number of hydrogen-bond acceptors (Lipinski definition) is 2. The summed E-state index contributed by atoms with van der Waals surface area (Å²) < 4.78 is 38.3. The predicted molar refractivity (Wildman–Crippen MR) is 112 cm³/mol. The van der Waals surface area contributed by atoms with Gasteiger partial charge in [-0.05, 0) is 54.3 Å². The van der Waals surface area contributed by atoms with E-state index in [1.807, 2.05) is 49.4 Å². The maximum atomic E-state index is 13.2. The van der Waals surface area contributed by atoms with Gasteiger partial charge in [-0.2, -0.15) is 13.2 Å². The monoisotopic (exact) mass is 412 g/mol. The second-order valence-corrected chi connectivity index (χ2v) is 7.16. The van der Waals surface area contributed by atoms with Crippen molar-refractivity contribution >= 4 is 11.6 Å². The second-order valence-electron chi connectivity index (χ2n) is 7.16. The molecule has 3 aromatic carbocycles. The third kappa shape index (κ3) is 5.27. The minimum Gasteiger partial charge on any atom is -0.316 e. The van der Waals surface area contributed by atoms with E-state index in [-0.39, 0.29) is 5.91 Å². The topological polar surface area (TPSA) is 46.3 Å². The van der Waals surface area contributed by atoms with Crippen LogP contribution in [0, 0.1) is 6.92 Å². The molecule has 0 aromatic heterocycles. The number of hydrogen-bond donors (Lipinski definition) is 1. The zero-order valence-electron chi connectivity index (χ0n) is 16.6. The van der Waals surface area contributed by atoms with Crippen molar-refractivity contribution in [2.24, 2.45) is 5.73 Å². The Bertz CT molecular complexity index is 985. The Hall–Kier alpha value is -3.12. The van der Waals surface area contributed by atoms with E-state index in [0.29, 0.717) is 29.8 Å². The molecule has 2 N–H and O–H groups in total. The molecule has 156 valence electrons.